The molecule has 3 aromatic carbocycles. The van der Waals surface area contributed by atoms with Gasteiger partial charge in [0, 0.05) is 56.4 Å². The minimum absolute atomic E-state index is 0.0298. The average Bonchev–Trinajstić information content (AvgIpc) is 3.91. The van der Waals surface area contributed by atoms with Crippen LogP contribution in [0.25, 0.3) is 22.0 Å². The van der Waals surface area contributed by atoms with Crippen LogP contribution in [0.5, 0.6) is 5.88 Å². The molecule has 0 N–H and O–H groups in total. The molecular weight excluding hydrogens is 590 g/mol. The normalized spacial score (nSPS) is 18.2. The van der Waals surface area contributed by atoms with Crippen LogP contribution in [-0.4, -0.2) is 66.9 Å². The molecule has 2 atom stereocenters. The smallest absolute Gasteiger partial charge is 0.410 e. The molecule has 8 heteroatoms. The van der Waals surface area contributed by atoms with Crippen molar-refractivity contribution in [3.8, 4) is 17.0 Å². The molecule has 0 spiro atoms. The number of hydrogen-bond acceptors (Lipinski definition) is 6. The molecule has 1 aromatic heterocycles. The van der Waals surface area contributed by atoms with Gasteiger partial charge in [-0.3, -0.25) is 4.79 Å². The van der Waals surface area contributed by atoms with Gasteiger partial charge in [-0.1, -0.05) is 60.7 Å². The largest absolute Gasteiger partial charge is 0.478 e. The number of benzene rings is 3. The first-order chi connectivity index (χ1) is 22.7. The van der Waals surface area contributed by atoms with Crippen molar-refractivity contribution in [1.29, 1.82) is 0 Å². The van der Waals surface area contributed by atoms with Gasteiger partial charge < -0.3 is 24.0 Å². The standard InChI is InChI=1S/C39H45N3O5/c1-39(2,3)47-38(44)41-21-20-33(30-13-8-12-29(24-30)27-10-6-5-7-11-27)34(26-41)37(43)42(31-17-18-31)32-16-14-28-15-19-36(40-35(28)25-32)46-23-9-22-45-4/h5-8,10-16,19,24-25,31,33-34H,9,17-18,20-23,26H2,1-4H3/t33-,34?/m1/s1. The van der Waals surface area contributed by atoms with E-state index in [0.29, 0.717) is 38.6 Å². The number of hydrogen-bond donors (Lipinski definition) is 0. The Morgan fingerprint density at radius 1 is 0.894 bits per heavy atom. The summed E-state index contributed by atoms with van der Waals surface area (Å²) >= 11 is 0. The van der Waals surface area contributed by atoms with E-state index in [1.807, 2.05) is 74.2 Å². The van der Waals surface area contributed by atoms with Crippen molar-refractivity contribution in [2.75, 3.05) is 38.3 Å². The third-order valence-corrected chi connectivity index (χ3v) is 8.82. The lowest BCUT2D eigenvalue weighted by molar-refractivity contribution is -0.124. The van der Waals surface area contributed by atoms with E-state index < -0.39 is 11.5 Å². The molecule has 246 valence electrons. The molecule has 1 unspecified atom stereocenters. The minimum Gasteiger partial charge on any atom is -0.478 e. The highest BCUT2D eigenvalue weighted by atomic mass is 16.6. The van der Waals surface area contributed by atoms with Crippen LogP contribution < -0.4 is 9.64 Å². The summed E-state index contributed by atoms with van der Waals surface area (Å²) in [5.41, 5.74) is 4.33. The molecule has 2 fully saturated rings. The van der Waals surface area contributed by atoms with Gasteiger partial charge in [-0.15, -0.1) is 0 Å². The van der Waals surface area contributed by atoms with Gasteiger partial charge in [-0.05, 0) is 80.8 Å². The Balaban J connectivity index is 1.32. The first-order valence-electron chi connectivity index (χ1n) is 16.7. The molecule has 1 saturated carbocycles. The number of carbonyl (C=O) groups is 2. The molecule has 2 aliphatic rings. The Bertz CT molecular complexity index is 1700. The first kappa shape index (κ1) is 32.5. The number of likely N-dealkylation sites (tertiary alicyclic amines) is 1. The number of rotatable bonds is 10. The van der Waals surface area contributed by atoms with Crippen molar-refractivity contribution >= 4 is 28.6 Å². The highest BCUT2D eigenvalue weighted by molar-refractivity contribution is 5.99. The van der Waals surface area contributed by atoms with Gasteiger partial charge >= 0.3 is 6.09 Å². The fraction of sp³-hybridized carbons (Fsp3) is 0.410. The maximum atomic E-state index is 14.9. The van der Waals surface area contributed by atoms with Crippen LogP contribution in [-0.2, 0) is 14.3 Å². The Labute approximate surface area is 277 Å². The number of amides is 2. The number of pyridine rings is 1. The Morgan fingerprint density at radius 3 is 2.40 bits per heavy atom. The average molecular weight is 636 g/mol. The van der Waals surface area contributed by atoms with Gasteiger partial charge in [0.05, 0.1) is 18.0 Å². The maximum Gasteiger partial charge on any atom is 0.410 e. The molecule has 2 amide bonds. The zero-order chi connectivity index (χ0) is 33.0. The Hall–Kier alpha value is -4.43. The van der Waals surface area contributed by atoms with Crippen LogP contribution in [0.2, 0.25) is 0 Å². The van der Waals surface area contributed by atoms with E-state index in [9.17, 15) is 9.59 Å². The quantitative estimate of drug-likeness (QED) is 0.165. The molecule has 1 aliphatic carbocycles. The van der Waals surface area contributed by atoms with Crippen molar-refractivity contribution in [2.45, 2.75) is 64.0 Å². The summed E-state index contributed by atoms with van der Waals surface area (Å²) in [5.74, 6) is 0.0784. The number of nitrogens with zero attached hydrogens (tertiary/aromatic N) is 3. The monoisotopic (exact) mass is 635 g/mol. The molecule has 1 saturated heterocycles. The van der Waals surface area contributed by atoms with Gasteiger partial charge in [0.15, 0.2) is 0 Å². The van der Waals surface area contributed by atoms with Gasteiger partial charge in [0.1, 0.15) is 5.60 Å². The molecule has 47 heavy (non-hydrogen) atoms. The second-order valence-electron chi connectivity index (χ2n) is 13.6. The predicted molar refractivity (Wildman–Crippen MR) is 185 cm³/mol. The summed E-state index contributed by atoms with van der Waals surface area (Å²) in [6, 6.07) is 28.8. The molecule has 8 nitrogen and oxygen atoms in total. The minimum atomic E-state index is -0.623. The Kier molecular flexibility index (Phi) is 9.78. The van der Waals surface area contributed by atoms with E-state index >= 15 is 0 Å². The predicted octanol–water partition coefficient (Wildman–Crippen LogP) is 7.85. The third-order valence-electron chi connectivity index (χ3n) is 8.82. The van der Waals surface area contributed by atoms with Crippen molar-refractivity contribution in [3.05, 3.63) is 90.5 Å². The van der Waals surface area contributed by atoms with E-state index in [4.69, 9.17) is 19.2 Å². The number of piperidine rings is 1. The van der Waals surface area contributed by atoms with Gasteiger partial charge in [-0.25, -0.2) is 9.78 Å². The van der Waals surface area contributed by atoms with Crippen LogP contribution in [0.15, 0.2) is 84.9 Å². The zero-order valence-electron chi connectivity index (χ0n) is 27.9. The van der Waals surface area contributed by atoms with Crippen LogP contribution in [0.4, 0.5) is 10.5 Å². The fourth-order valence-corrected chi connectivity index (χ4v) is 6.40. The molecule has 0 bridgehead atoms. The lowest BCUT2D eigenvalue weighted by Gasteiger charge is -2.40. The first-order valence-corrected chi connectivity index (χ1v) is 16.7. The highest BCUT2D eigenvalue weighted by Crippen LogP contribution is 2.41. The van der Waals surface area contributed by atoms with Gasteiger partial charge in [-0.2, -0.15) is 0 Å². The number of anilines is 1. The van der Waals surface area contributed by atoms with Crippen molar-refractivity contribution in [1.82, 2.24) is 9.88 Å². The third kappa shape index (κ3) is 7.93. The molecule has 2 heterocycles. The number of carbonyl (C=O) groups excluding carboxylic acids is 2. The molecule has 6 rings (SSSR count). The van der Waals surface area contributed by atoms with Crippen LogP contribution in [0, 0.1) is 5.92 Å². The second-order valence-corrected chi connectivity index (χ2v) is 13.6. The van der Waals surface area contributed by atoms with E-state index in [-0.39, 0.29) is 24.0 Å². The molecule has 0 radical (unpaired) electrons. The number of aromatic nitrogens is 1. The van der Waals surface area contributed by atoms with Crippen molar-refractivity contribution < 1.29 is 23.8 Å². The van der Waals surface area contributed by atoms with E-state index in [2.05, 4.69) is 36.4 Å². The van der Waals surface area contributed by atoms with E-state index in [1.165, 1.54) is 0 Å². The SMILES string of the molecule is COCCCOc1ccc2ccc(N(C(=O)C3CN(C(=O)OC(C)(C)C)CC[C@@H]3c3cccc(-c4ccccc4)c3)C3CC3)cc2n1. The second kappa shape index (κ2) is 14.1. The summed E-state index contributed by atoms with van der Waals surface area (Å²) in [7, 11) is 1.68. The van der Waals surface area contributed by atoms with Crippen LogP contribution in [0.1, 0.15) is 57.9 Å². The van der Waals surface area contributed by atoms with E-state index in [0.717, 1.165) is 52.5 Å². The van der Waals surface area contributed by atoms with E-state index in [1.54, 1.807) is 12.0 Å². The molecule has 1 aliphatic heterocycles. The highest BCUT2D eigenvalue weighted by Gasteiger charge is 2.44. The Morgan fingerprint density at radius 2 is 1.66 bits per heavy atom. The number of fused-ring (bicyclic) bond motifs is 1. The summed E-state index contributed by atoms with van der Waals surface area (Å²) in [4.78, 5) is 36.6. The lowest BCUT2D eigenvalue weighted by Crippen LogP contribution is -2.51. The fourth-order valence-electron chi connectivity index (χ4n) is 6.40. The zero-order valence-corrected chi connectivity index (χ0v) is 27.9. The van der Waals surface area contributed by atoms with Crippen LogP contribution >= 0.6 is 0 Å². The molecular formula is C39H45N3O5. The summed E-state index contributed by atoms with van der Waals surface area (Å²) in [6.45, 7) is 7.57. The van der Waals surface area contributed by atoms with Crippen molar-refractivity contribution in [2.24, 2.45) is 5.92 Å². The lowest BCUT2D eigenvalue weighted by atomic mass is 9.79. The number of ether oxygens (including phenoxy) is 3. The topological polar surface area (TPSA) is 81.2 Å². The maximum absolute atomic E-state index is 14.9. The van der Waals surface area contributed by atoms with Crippen LogP contribution in [0.3, 0.4) is 0 Å². The van der Waals surface area contributed by atoms with Crippen molar-refractivity contribution in [3.63, 3.8) is 0 Å². The molecule has 4 aromatic rings. The van der Waals surface area contributed by atoms with Gasteiger partial charge in [0.2, 0.25) is 11.8 Å². The summed E-state index contributed by atoms with van der Waals surface area (Å²) in [6.07, 6.45) is 2.94. The summed E-state index contributed by atoms with van der Waals surface area (Å²) in [5, 5.41) is 0.977. The summed E-state index contributed by atoms with van der Waals surface area (Å²) < 4.78 is 16.8. The van der Waals surface area contributed by atoms with Gasteiger partial charge in [0.25, 0.3) is 0 Å². The number of methoxy groups -OCH3 is 1.